The zero-order valence-corrected chi connectivity index (χ0v) is 21.9. The predicted molar refractivity (Wildman–Crippen MR) is 142 cm³/mol. The highest BCUT2D eigenvalue weighted by Crippen LogP contribution is 2.54. The van der Waals surface area contributed by atoms with Crippen molar-refractivity contribution < 1.29 is 40.8 Å². The number of anilines is 1. The number of rotatable bonds is 4. The van der Waals surface area contributed by atoms with E-state index in [1.165, 1.54) is 24.3 Å². The van der Waals surface area contributed by atoms with Crippen LogP contribution in [0.5, 0.6) is 0 Å². The lowest BCUT2D eigenvalue weighted by molar-refractivity contribution is -0.155. The van der Waals surface area contributed by atoms with Gasteiger partial charge in [-0.25, -0.2) is 9.78 Å². The number of carbonyl (C=O) groups is 1. The molecule has 42 heavy (non-hydrogen) atoms. The third-order valence-corrected chi connectivity index (χ3v) is 8.11. The highest BCUT2D eigenvalue weighted by molar-refractivity contribution is 5.90. The lowest BCUT2D eigenvalue weighted by Crippen LogP contribution is -2.44. The van der Waals surface area contributed by atoms with E-state index >= 15 is 0 Å². The average molecular weight is 588 g/mol. The molecular formula is C30H23F6N3O3. The van der Waals surface area contributed by atoms with Gasteiger partial charge < -0.3 is 14.5 Å². The van der Waals surface area contributed by atoms with Gasteiger partial charge in [0.05, 0.1) is 16.6 Å². The van der Waals surface area contributed by atoms with Gasteiger partial charge in [0, 0.05) is 29.7 Å². The number of hydrogen-bond acceptors (Lipinski definition) is 5. The normalized spacial score (nSPS) is 17.0. The van der Waals surface area contributed by atoms with E-state index in [9.17, 15) is 31.1 Å². The number of piperidine rings is 1. The predicted octanol–water partition coefficient (Wildman–Crippen LogP) is 8.09. The summed E-state index contributed by atoms with van der Waals surface area (Å²) in [6.07, 6.45) is -5.78. The zero-order valence-electron chi connectivity index (χ0n) is 21.9. The molecule has 2 aliphatic rings. The molecule has 1 N–H and O–H groups in total. The monoisotopic (exact) mass is 587 g/mol. The summed E-state index contributed by atoms with van der Waals surface area (Å²) in [6.45, 7) is 1.43. The smallest absolute Gasteiger partial charge is 0.453 e. The molecule has 1 saturated carbocycles. The van der Waals surface area contributed by atoms with Crippen LogP contribution < -0.4 is 4.90 Å². The standard InChI is InChI=1S/C30H23F6N3O3/c31-29(32,33)22-4-2-1-3-20(22)25-21(26(42-38-25)30(34,35)36)13-17-15-28(16-17)9-11-39(12-10-28)19-6-8-23-18(14-19)5-7-24(37-23)27(40)41/h1-8,13-14H,9-12,15-16H2,(H,40,41). The molecule has 3 heterocycles. The maximum absolute atomic E-state index is 13.8. The summed E-state index contributed by atoms with van der Waals surface area (Å²) in [5, 5.41) is 13.4. The van der Waals surface area contributed by atoms with Gasteiger partial charge in [-0.3, -0.25) is 0 Å². The maximum Gasteiger partial charge on any atom is 0.453 e. The second kappa shape index (κ2) is 9.88. The first kappa shape index (κ1) is 27.8. The molecule has 2 aromatic heterocycles. The Morgan fingerprint density at radius 3 is 2.33 bits per heavy atom. The quantitative estimate of drug-likeness (QED) is 0.243. The van der Waals surface area contributed by atoms with Gasteiger partial charge in [-0.05, 0) is 67.5 Å². The largest absolute Gasteiger partial charge is 0.477 e. The van der Waals surface area contributed by atoms with Crippen LogP contribution in [-0.4, -0.2) is 34.3 Å². The second-order valence-electron chi connectivity index (χ2n) is 10.8. The fourth-order valence-corrected chi connectivity index (χ4v) is 6.01. The average Bonchev–Trinajstić information content (AvgIpc) is 3.35. The number of halogens is 6. The molecule has 2 aromatic carbocycles. The summed E-state index contributed by atoms with van der Waals surface area (Å²) in [7, 11) is 0. The highest BCUT2D eigenvalue weighted by Gasteiger charge is 2.45. The molecule has 0 atom stereocenters. The number of carboxylic acids is 1. The van der Waals surface area contributed by atoms with Crippen molar-refractivity contribution >= 4 is 28.6 Å². The topological polar surface area (TPSA) is 79.5 Å². The molecule has 1 spiro atoms. The van der Waals surface area contributed by atoms with Crippen molar-refractivity contribution in [1.82, 2.24) is 10.1 Å². The maximum atomic E-state index is 13.8. The summed E-state index contributed by atoms with van der Waals surface area (Å²) < 4.78 is 86.8. The van der Waals surface area contributed by atoms with E-state index in [0.29, 0.717) is 37.0 Å². The van der Waals surface area contributed by atoms with Gasteiger partial charge in [0.15, 0.2) is 0 Å². The van der Waals surface area contributed by atoms with E-state index in [1.54, 1.807) is 12.1 Å². The van der Waals surface area contributed by atoms with Crippen molar-refractivity contribution in [1.29, 1.82) is 0 Å². The number of hydrogen-bond donors (Lipinski definition) is 1. The van der Waals surface area contributed by atoms with Crippen LogP contribution in [0.3, 0.4) is 0 Å². The van der Waals surface area contributed by atoms with E-state index < -0.39 is 46.5 Å². The van der Waals surface area contributed by atoms with Crippen LogP contribution in [-0.2, 0) is 12.4 Å². The van der Waals surface area contributed by atoms with Crippen molar-refractivity contribution in [3.05, 3.63) is 82.8 Å². The van der Waals surface area contributed by atoms with E-state index in [-0.39, 0.29) is 11.1 Å². The van der Waals surface area contributed by atoms with Crippen molar-refractivity contribution in [2.24, 2.45) is 5.41 Å². The minimum atomic E-state index is -4.93. The highest BCUT2D eigenvalue weighted by atomic mass is 19.4. The molecule has 6 nitrogen and oxygen atoms in total. The molecule has 4 aromatic rings. The zero-order chi connectivity index (χ0) is 29.9. The van der Waals surface area contributed by atoms with Crippen molar-refractivity contribution in [2.45, 2.75) is 38.0 Å². The van der Waals surface area contributed by atoms with E-state index in [1.807, 2.05) is 12.1 Å². The van der Waals surface area contributed by atoms with Crippen LogP contribution in [0.15, 0.2) is 64.7 Å². The lowest BCUT2D eigenvalue weighted by atomic mass is 9.60. The van der Waals surface area contributed by atoms with Gasteiger partial charge in [0.1, 0.15) is 11.4 Å². The molecule has 0 bridgehead atoms. The molecule has 6 rings (SSSR count). The Balaban J connectivity index is 1.20. The summed E-state index contributed by atoms with van der Waals surface area (Å²) >= 11 is 0. The fraction of sp³-hybridized carbons (Fsp3) is 0.300. The Labute approximate surface area is 235 Å². The van der Waals surface area contributed by atoms with Gasteiger partial charge >= 0.3 is 18.3 Å². The molecular weight excluding hydrogens is 564 g/mol. The Hall–Kier alpha value is -4.35. The first-order valence-electron chi connectivity index (χ1n) is 13.1. The first-order chi connectivity index (χ1) is 19.8. The van der Waals surface area contributed by atoms with Crippen molar-refractivity contribution in [3.63, 3.8) is 0 Å². The van der Waals surface area contributed by atoms with Gasteiger partial charge in [-0.2, -0.15) is 26.3 Å². The van der Waals surface area contributed by atoms with Crippen molar-refractivity contribution in [2.75, 3.05) is 18.0 Å². The third-order valence-electron chi connectivity index (χ3n) is 8.11. The third kappa shape index (κ3) is 5.10. The molecule has 0 amide bonds. The van der Waals surface area contributed by atoms with Crippen molar-refractivity contribution in [3.8, 4) is 11.3 Å². The Morgan fingerprint density at radius 2 is 1.67 bits per heavy atom. The van der Waals surface area contributed by atoms with Crippen LogP contribution in [0, 0.1) is 5.41 Å². The number of aromatic nitrogens is 2. The van der Waals surface area contributed by atoms with Crippen LogP contribution in [0.2, 0.25) is 0 Å². The Kier molecular flexibility index (Phi) is 6.54. The van der Waals surface area contributed by atoms with E-state index in [4.69, 9.17) is 5.11 Å². The van der Waals surface area contributed by atoms with Gasteiger partial charge in [-0.1, -0.05) is 35.0 Å². The number of carboxylic acid groups (broad SMARTS) is 1. The van der Waals surface area contributed by atoms with Gasteiger partial charge in [0.25, 0.3) is 0 Å². The molecule has 1 aliphatic carbocycles. The van der Waals surface area contributed by atoms with Crippen LogP contribution in [0.1, 0.15) is 53.1 Å². The first-order valence-corrected chi connectivity index (χ1v) is 13.1. The number of aromatic carboxylic acids is 1. The number of nitrogens with zero attached hydrogens (tertiary/aromatic N) is 3. The summed E-state index contributed by atoms with van der Waals surface area (Å²) in [6, 6.07) is 13.2. The molecule has 1 saturated heterocycles. The Morgan fingerprint density at radius 1 is 0.952 bits per heavy atom. The number of allylic oxidation sites excluding steroid dienone is 1. The fourth-order valence-electron chi connectivity index (χ4n) is 6.01. The van der Waals surface area contributed by atoms with Crippen LogP contribution in [0.4, 0.5) is 32.0 Å². The molecule has 218 valence electrons. The number of pyridine rings is 1. The van der Waals surface area contributed by atoms with E-state index in [2.05, 4.69) is 19.6 Å². The number of fused-ring (bicyclic) bond motifs is 1. The summed E-state index contributed by atoms with van der Waals surface area (Å²) in [5.41, 5.74) is -0.425. The molecule has 0 unspecified atom stereocenters. The molecule has 0 radical (unpaired) electrons. The SMILES string of the molecule is O=C(O)c1ccc2cc(N3CCC4(CC3)CC(=Cc3c(-c5ccccc5C(F)(F)F)noc3C(F)(F)F)C4)ccc2n1. The molecule has 1 aliphatic heterocycles. The summed E-state index contributed by atoms with van der Waals surface area (Å²) in [5.74, 6) is -2.52. The second-order valence-corrected chi connectivity index (χ2v) is 10.8. The van der Waals surface area contributed by atoms with Gasteiger partial charge in [-0.15, -0.1) is 0 Å². The number of benzene rings is 2. The van der Waals surface area contributed by atoms with Crippen LogP contribution >= 0.6 is 0 Å². The Bertz CT molecular complexity index is 1710. The van der Waals surface area contributed by atoms with E-state index in [0.717, 1.165) is 36.0 Å². The summed E-state index contributed by atoms with van der Waals surface area (Å²) in [4.78, 5) is 17.5. The molecule has 12 heteroatoms. The minimum absolute atomic E-state index is 0.0331. The molecule has 2 fully saturated rings. The van der Waals surface area contributed by atoms with Gasteiger partial charge in [0.2, 0.25) is 5.76 Å². The van der Waals surface area contributed by atoms with Crippen LogP contribution in [0.25, 0.3) is 28.2 Å². The lowest BCUT2D eigenvalue weighted by Gasteiger charge is -2.50. The minimum Gasteiger partial charge on any atom is -0.477 e. The number of alkyl halides is 6.